The summed E-state index contributed by atoms with van der Waals surface area (Å²) in [6, 6.07) is 18.3. The van der Waals surface area contributed by atoms with Crippen LogP contribution in [0, 0.1) is 0 Å². The third kappa shape index (κ3) is 5.71. The molecule has 0 aliphatic carbocycles. The first-order chi connectivity index (χ1) is 15.9. The van der Waals surface area contributed by atoms with Crippen LogP contribution < -0.4 is 15.5 Å². The minimum absolute atomic E-state index is 0.111. The SMILES string of the molecule is CC(=O)N1CCN(c2ccc(NC(=S)NC(=O)c3ccc(-c4cccc(Cl)c4)o3)cc2)CC1. The molecule has 0 saturated carbocycles. The topological polar surface area (TPSA) is 77.8 Å². The highest BCUT2D eigenvalue weighted by Crippen LogP contribution is 2.25. The zero-order chi connectivity index (χ0) is 23.4. The molecule has 0 bridgehead atoms. The molecular weight excluding hydrogens is 460 g/mol. The first-order valence-corrected chi connectivity index (χ1v) is 11.3. The van der Waals surface area contributed by atoms with Crippen molar-refractivity contribution >= 4 is 52.1 Å². The van der Waals surface area contributed by atoms with Crippen molar-refractivity contribution in [2.24, 2.45) is 0 Å². The van der Waals surface area contributed by atoms with Crippen LogP contribution in [0.1, 0.15) is 17.5 Å². The predicted octanol–water partition coefficient (Wildman–Crippen LogP) is 4.40. The third-order valence-corrected chi connectivity index (χ3v) is 5.82. The molecule has 1 saturated heterocycles. The maximum absolute atomic E-state index is 12.5. The highest BCUT2D eigenvalue weighted by Gasteiger charge is 2.19. The van der Waals surface area contributed by atoms with E-state index in [2.05, 4.69) is 15.5 Å². The van der Waals surface area contributed by atoms with Crippen LogP contribution in [0.25, 0.3) is 11.3 Å². The monoisotopic (exact) mass is 482 g/mol. The summed E-state index contributed by atoms with van der Waals surface area (Å²) in [5, 5.41) is 6.40. The van der Waals surface area contributed by atoms with Gasteiger partial charge in [-0.05, 0) is 60.7 Å². The number of nitrogens with one attached hydrogen (secondary N) is 2. The summed E-state index contributed by atoms with van der Waals surface area (Å²) in [6.07, 6.45) is 0. The Labute approximate surface area is 202 Å². The minimum Gasteiger partial charge on any atom is -0.451 e. The van der Waals surface area contributed by atoms with Gasteiger partial charge in [0.1, 0.15) is 5.76 Å². The number of rotatable bonds is 4. The van der Waals surface area contributed by atoms with Crippen molar-refractivity contribution in [3.63, 3.8) is 0 Å². The summed E-state index contributed by atoms with van der Waals surface area (Å²) in [5.74, 6) is 0.358. The average Bonchev–Trinajstić information content (AvgIpc) is 3.30. The van der Waals surface area contributed by atoms with Crippen molar-refractivity contribution in [2.75, 3.05) is 36.4 Å². The molecule has 1 fully saturated rings. The summed E-state index contributed by atoms with van der Waals surface area (Å²) < 4.78 is 5.65. The first kappa shape index (κ1) is 22.8. The Hall–Kier alpha value is -3.36. The standard InChI is InChI=1S/C24H23ClN4O3S/c1-16(30)28-11-13-29(14-12-28)20-7-5-19(6-8-20)26-24(33)27-23(31)22-10-9-21(32-22)17-3-2-4-18(25)15-17/h2-10,15H,11-14H2,1H3,(H2,26,27,31,33). The Morgan fingerprint density at radius 2 is 1.73 bits per heavy atom. The molecule has 4 rings (SSSR count). The van der Waals surface area contributed by atoms with Crippen LogP contribution in [-0.4, -0.2) is 48.0 Å². The lowest BCUT2D eigenvalue weighted by molar-refractivity contribution is -0.129. The van der Waals surface area contributed by atoms with Gasteiger partial charge in [0, 0.05) is 55.1 Å². The van der Waals surface area contributed by atoms with Gasteiger partial charge >= 0.3 is 0 Å². The first-order valence-electron chi connectivity index (χ1n) is 10.5. The molecule has 170 valence electrons. The molecule has 0 spiro atoms. The van der Waals surface area contributed by atoms with Crippen LogP contribution in [0.3, 0.4) is 0 Å². The molecule has 1 aliphatic heterocycles. The van der Waals surface area contributed by atoms with Crippen molar-refractivity contribution in [3.05, 3.63) is 71.4 Å². The zero-order valence-corrected chi connectivity index (χ0v) is 19.6. The molecule has 7 nitrogen and oxygen atoms in total. The van der Waals surface area contributed by atoms with E-state index < -0.39 is 5.91 Å². The summed E-state index contributed by atoms with van der Waals surface area (Å²) >= 11 is 11.3. The van der Waals surface area contributed by atoms with E-state index in [4.69, 9.17) is 28.2 Å². The van der Waals surface area contributed by atoms with Crippen molar-refractivity contribution in [1.29, 1.82) is 0 Å². The molecule has 1 aliphatic rings. The van der Waals surface area contributed by atoms with E-state index in [9.17, 15) is 9.59 Å². The van der Waals surface area contributed by atoms with Gasteiger partial charge in [-0.1, -0.05) is 23.7 Å². The summed E-state index contributed by atoms with van der Waals surface area (Å²) in [7, 11) is 0. The molecule has 0 radical (unpaired) electrons. The Morgan fingerprint density at radius 3 is 2.39 bits per heavy atom. The number of nitrogens with zero attached hydrogens (tertiary/aromatic N) is 2. The molecule has 2 aromatic carbocycles. The van der Waals surface area contributed by atoms with E-state index in [1.54, 1.807) is 31.2 Å². The Bertz CT molecular complexity index is 1170. The van der Waals surface area contributed by atoms with Crippen LogP contribution in [0.5, 0.6) is 0 Å². The Kier molecular flexibility index (Phi) is 6.96. The second-order valence-electron chi connectivity index (χ2n) is 7.62. The number of thiocarbonyl (C=S) groups is 1. The lowest BCUT2D eigenvalue weighted by Crippen LogP contribution is -2.48. The Morgan fingerprint density at radius 1 is 1.00 bits per heavy atom. The van der Waals surface area contributed by atoms with Crippen LogP contribution in [0.4, 0.5) is 11.4 Å². The number of carbonyl (C=O) groups is 2. The number of halogens is 1. The molecule has 3 aromatic rings. The van der Waals surface area contributed by atoms with Crippen LogP contribution >= 0.6 is 23.8 Å². The molecule has 2 N–H and O–H groups in total. The van der Waals surface area contributed by atoms with Gasteiger partial charge in [0.15, 0.2) is 10.9 Å². The third-order valence-electron chi connectivity index (χ3n) is 5.38. The summed E-state index contributed by atoms with van der Waals surface area (Å²) in [6.45, 7) is 4.62. The van der Waals surface area contributed by atoms with Crippen molar-refractivity contribution in [1.82, 2.24) is 10.2 Å². The largest absolute Gasteiger partial charge is 0.451 e. The molecule has 1 aromatic heterocycles. The second kappa shape index (κ2) is 10.1. The number of furan rings is 1. The second-order valence-corrected chi connectivity index (χ2v) is 8.47. The van der Waals surface area contributed by atoms with E-state index in [-0.39, 0.29) is 16.8 Å². The fraction of sp³-hybridized carbons (Fsp3) is 0.208. The molecule has 33 heavy (non-hydrogen) atoms. The van der Waals surface area contributed by atoms with Gasteiger partial charge in [0.2, 0.25) is 5.91 Å². The van der Waals surface area contributed by atoms with E-state index in [0.29, 0.717) is 10.8 Å². The maximum atomic E-state index is 12.5. The van der Waals surface area contributed by atoms with Crippen molar-refractivity contribution in [2.45, 2.75) is 6.92 Å². The van der Waals surface area contributed by atoms with E-state index in [0.717, 1.165) is 43.1 Å². The van der Waals surface area contributed by atoms with Gasteiger partial charge in [-0.3, -0.25) is 14.9 Å². The highest BCUT2D eigenvalue weighted by atomic mass is 35.5. The van der Waals surface area contributed by atoms with Gasteiger partial charge in [-0.2, -0.15) is 0 Å². The molecule has 0 atom stereocenters. The van der Waals surface area contributed by atoms with Gasteiger partial charge in [0.25, 0.3) is 5.91 Å². The van der Waals surface area contributed by atoms with Crippen molar-refractivity contribution in [3.8, 4) is 11.3 Å². The lowest BCUT2D eigenvalue weighted by atomic mass is 10.2. The van der Waals surface area contributed by atoms with E-state index in [1.165, 1.54) is 0 Å². The van der Waals surface area contributed by atoms with Crippen LogP contribution in [-0.2, 0) is 4.79 Å². The van der Waals surface area contributed by atoms with Crippen molar-refractivity contribution < 1.29 is 14.0 Å². The number of hydrogen-bond donors (Lipinski definition) is 2. The fourth-order valence-corrected chi connectivity index (χ4v) is 4.02. The fourth-order valence-electron chi connectivity index (χ4n) is 3.62. The van der Waals surface area contributed by atoms with E-state index in [1.807, 2.05) is 41.3 Å². The quantitative estimate of drug-likeness (QED) is 0.537. The van der Waals surface area contributed by atoms with Crippen LogP contribution in [0.15, 0.2) is 65.1 Å². The molecule has 9 heteroatoms. The summed E-state index contributed by atoms with van der Waals surface area (Å²) in [4.78, 5) is 28.1. The molecular formula is C24H23ClN4O3S. The number of benzene rings is 2. The van der Waals surface area contributed by atoms with Gasteiger partial charge in [-0.15, -0.1) is 0 Å². The normalized spacial score (nSPS) is 13.5. The zero-order valence-electron chi connectivity index (χ0n) is 18.0. The highest BCUT2D eigenvalue weighted by molar-refractivity contribution is 7.80. The molecule has 2 amide bonds. The number of amides is 2. The van der Waals surface area contributed by atoms with E-state index >= 15 is 0 Å². The smallest absolute Gasteiger partial charge is 0.293 e. The average molecular weight is 483 g/mol. The molecule has 0 unspecified atom stereocenters. The minimum atomic E-state index is -0.444. The number of piperazine rings is 1. The summed E-state index contributed by atoms with van der Waals surface area (Å²) in [5.41, 5.74) is 2.61. The number of hydrogen-bond acceptors (Lipinski definition) is 5. The van der Waals surface area contributed by atoms with Crippen LogP contribution in [0.2, 0.25) is 5.02 Å². The lowest BCUT2D eigenvalue weighted by Gasteiger charge is -2.35. The number of carbonyl (C=O) groups excluding carboxylic acids is 2. The predicted molar refractivity (Wildman–Crippen MR) is 134 cm³/mol. The van der Waals surface area contributed by atoms with Gasteiger partial charge in [0.05, 0.1) is 0 Å². The van der Waals surface area contributed by atoms with Gasteiger partial charge < -0.3 is 19.5 Å². The van der Waals surface area contributed by atoms with Gasteiger partial charge in [-0.25, -0.2) is 0 Å². The maximum Gasteiger partial charge on any atom is 0.293 e. The Balaban J connectivity index is 1.31. The number of anilines is 2. The molecule has 2 heterocycles.